The van der Waals surface area contributed by atoms with E-state index >= 15 is 0 Å². The van der Waals surface area contributed by atoms with Gasteiger partial charge in [0, 0.05) is 0 Å². The molecule has 0 saturated heterocycles. The van der Waals surface area contributed by atoms with E-state index < -0.39 is 0 Å². The van der Waals surface area contributed by atoms with Gasteiger partial charge in [-0.05, 0) is 37.0 Å². The van der Waals surface area contributed by atoms with Crippen LogP contribution in [-0.2, 0) is 10.2 Å². The molecule has 2 nitrogen and oxygen atoms in total. The van der Waals surface area contributed by atoms with E-state index in [0.29, 0.717) is 0 Å². The minimum absolute atomic E-state index is 0.0416. The highest BCUT2D eigenvalue weighted by Gasteiger charge is 2.14. The lowest BCUT2D eigenvalue weighted by Gasteiger charge is -2.19. The second kappa shape index (κ2) is 4.69. The second-order valence-electron chi connectivity index (χ2n) is 5.15. The zero-order valence-corrected chi connectivity index (χ0v) is 10.7. The Balaban J connectivity index is 2.76. The van der Waals surface area contributed by atoms with Gasteiger partial charge >= 0.3 is 0 Å². The summed E-state index contributed by atoms with van der Waals surface area (Å²) in [7, 11) is 0. The molecule has 16 heavy (non-hydrogen) atoms. The molecule has 0 amide bonds. The minimum atomic E-state index is -0.375. The molecule has 88 valence electrons. The van der Waals surface area contributed by atoms with E-state index in [9.17, 15) is 4.79 Å². The van der Waals surface area contributed by atoms with Gasteiger partial charge in [0.05, 0.1) is 0 Å². The van der Waals surface area contributed by atoms with Crippen molar-refractivity contribution < 1.29 is 9.53 Å². The van der Waals surface area contributed by atoms with Gasteiger partial charge in [0.15, 0.2) is 11.9 Å². The Kier molecular flexibility index (Phi) is 3.74. The van der Waals surface area contributed by atoms with Crippen LogP contribution in [0.5, 0.6) is 5.75 Å². The SMILES string of the molecule is CC(=O)C(C)Oc1ccc(C(C)(C)C)cc1. The van der Waals surface area contributed by atoms with Crippen molar-refractivity contribution in [1.82, 2.24) is 0 Å². The summed E-state index contributed by atoms with van der Waals surface area (Å²) in [6, 6.07) is 7.92. The third-order valence-electron chi connectivity index (χ3n) is 2.61. The van der Waals surface area contributed by atoms with Crippen molar-refractivity contribution in [2.45, 2.75) is 46.1 Å². The summed E-state index contributed by atoms with van der Waals surface area (Å²) in [4.78, 5) is 11.0. The van der Waals surface area contributed by atoms with Gasteiger partial charge in [0.1, 0.15) is 5.75 Å². The molecule has 0 aliphatic carbocycles. The second-order valence-corrected chi connectivity index (χ2v) is 5.15. The van der Waals surface area contributed by atoms with E-state index in [1.165, 1.54) is 12.5 Å². The van der Waals surface area contributed by atoms with Crippen LogP contribution in [0.25, 0.3) is 0 Å². The monoisotopic (exact) mass is 220 g/mol. The fraction of sp³-hybridized carbons (Fsp3) is 0.500. The van der Waals surface area contributed by atoms with Gasteiger partial charge in [-0.15, -0.1) is 0 Å². The average Bonchev–Trinajstić information content (AvgIpc) is 2.17. The first kappa shape index (κ1) is 12.8. The quantitative estimate of drug-likeness (QED) is 0.781. The van der Waals surface area contributed by atoms with E-state index in [1.807, 2.05) is 24.3 Å². The Morgan fingerprint density at radius 1 is 1.19 bits per heavy atom. The zero-order valence-electron chi connectivity index (χ0n) is 10.7. The van der Waals surface area contributed by atoms with Crippen molar-refractivity contribution in [3.63, 3.8) is 0 Å². The third kappa shape index (κ3) is 3.37. The van der Waals surface area contributed by atoms with Crippen LogP contribution in [0.2, 0.25) is 0 Å². The number of hydrogen-bond donors (Lipinski definition) is 0. The van der Waals surface area contributed by atoms with E-state index in [4.69, 9.17) is 4.74 Å². The van der Waals surface area contributed by atoms with Crippen molar-refractivity contribution in [1.29, 1.82) is 0 Å². The molecule has 0 aliphatic heterocycles. The maximum absolute atomic E-state index is 11.0. The van der Waals surface area contributed by atoms with Crippen LogP contribution in [0.4, 0.5) is 0 Å². The molecule has 0 bridgehead atoms. The molecule has 0 radical (unpaired) electrons. The van der Waals surface area contributed by atoms with Gasteiger partial charge in [-0.3, -0.25) is 4.79 Å². The van der Waals surface area contributed by atoms with Gasteiger partial charge in [-0.25, -0.2) is 0 Å². The van der Waals surface area contributed by atoms with Crippen molar-refractivity contribution in [3.05, 3.63) is 29.8 Å². The Morgan fingerprint density at radius 2 is 1.69 bits per heavy atom. The fourth-order valence-electron chi connectivity index (χ4n) is 1.32. The van der Waals surface area contributed by atoms with Crippen molar-refractivity contribution in [2.24, 2.45) is 0 Å². The van der Waals surface area contributed by atoms with Crippen LogP contribution < -0.4 is 4.74 Å². The molecule has 1 aromatic rings. The number of Topliss-reactive ketones (excluding diaryl/α,β-unsaturated/α-hetero) is 1. The van der Waals surface area contributed by atoms with Crippen molar-refractivity contribution in [2.75, 3.05) is 0 Å². The van der Waals surface area contributed by atoms with Crippen molar-refractivity contribution >= 4 is 5.78 Å². The number of carbonyl (C=O) groups is 1. The number of carbonyl (C=O) groups excluding carboxylic acids is 1. The lowest BCUT2D eigenvalue weighted by molar-refractivity contribution is -0.122. The van der Waals surface area contributed by atoms with Crippen LogP contribution in [0.1, 0.15) is 40.2 Å². The summed E-state index contributed by atoms with van der Waals surface area (Å²) < 4.78 is 5.49. The molecule has 0 heterocycles. The highest BCUT2D eigenvalue weighted by atomic mass is 16.5. The summed E-state index contributed by atoms with van der Waals surface area (Å²) in [6.45, 7) is 9.80. The molecule has 0 aliphatic rings. The van der Waals surface area contributed by atoms with Crippen LogP contribution in [0.15, 0.2) is 24.3 Å². The van der Waals surface area contributed by atoms with Crippen LogP contribution in [-0.4, -0.2) is 11.9 Å². The maximum Gasteiger partial charge on any atom is 0.169 e. The Bertz CT molecular complexity index is 357. The molecule has 0 fully saturated rings. The summed E-state index contributed by atoms with van der Waals surface area (Å²) in [5.41, 5.74) is 1.40. The predicted molar refractivity (Wildman–Crippen MR) is 65.9 cm³/mol. The number of ether oxygens (including phenoxy) is 1. The normalized spacial score (nSPS) is 13.3. The molecule has 0 aromatic heterocycles. The molecular weight excluding hydrogens is 200 g/mol. The zero-order chi connectivity index (χ0) is 12.3. The Labute approximate surface area is 97.6 Å². The lowest BCUT2D eigenvalue weighted by atomic mass is 9.87. The molecule has 1 unspecified atom stereocenters. The molecule has 0 saturated carbocycles. The maximum atomic E-state index is 11.0. The van der Waals surface area contributed by atoms with Gasteiger partial charge < -0.3 is 4.74 Å². The smallest absolute Gasteiger partial charge is 0.169 e. The minimum Gasteiger partial charge on any atom is -0.483 e. The summed E-state index contributed by atoms with van der Waals surface area (Å²) >= 11 is 0. The first-order valence-electron chi connectivity index (χ1n) is 5.58. The Morgan fingerprint density at radius 3 is 2.06 bits per heavy atom. The van der Waals surface area contributed by atoms with Gasteiger partial charge in [0.2, 0.25) is 0 Å². The highest BCUT2D eigenvalue weighted by Crippen LogP contribution is 2.24. The first-order valence-corrected chi connectivity index (χ1v) is 5.58. The molecule has 0 spiro atoms. The van der Waals surface area contributed by atoms with E-state index in [1.54, 1.807) is 6.92 Å². The summed E-state index contributed by atoms with van der Waals surface area (Å²) in [5, 5.41) is 0. The predicted octanol–water partition coefficient (Wildman–Crippen LogP) is 3.34. The standard InChI is InChI=1S/C14H20O2/c1-10(15)11(2)16-13-8-6-12(7-9-13)14(3,4)5/h6-9,11H,1-5H3. The molecule has 2 heteroatoms. The fourth-order valence-corrected chi connectivity index (χ4v) is 1.32. The summed E-state index contributed by atoms with van der Waals surface area (Å²) in [5.74, 6) is 0.788. The highest BCUT2D eigenvalue weighted by molar-refractivity contribution is 5.80. The largest absolute Gasteiger partial charge is 0.483 e. The van der Waals surface area contributed by atoms with E-state index in [0.717, 1.165) is 5.75 Å². The lowest BCUT2D eigenvalue weighted by Crippen LogP contribution is -2.20. The number of benzene rings is 1. The molecule has 1 rings (SSSR count). The average molecular weight is 220 g/mol. The van der Waals surface area contributed by atoms with E-state index in [-0.39, 0.29) is 17.3 Å². The topological polar surface area (TPSA) is 26.3 Å². The van der Waals surface area contributed by atoms with Crippen LogP contribution in [0.3, 0.4) is 0 Å². The van der Waals surface area contributed by atoms with Crippen LogP contribution >= 0.6 is 0 Å². The molecule has 1 atom stereocenters. The number of rotatable bonds is 3. The molecular formula is C14H20O2. The first-order chi connectivity index (χ1) is 7.30. The van der Waals surface area contributed by atoms with Gasteiger partial charge in [0.25, 0.3) is 0 Å². The van der Waals surface area contributed by atoms with Crippen molar-refractivity contribution in [3.8, 4) is 5.75 Å². The third-order valence-corrected chi connectivity index (χ3v) is 2.61. The van der Waals surface area contributed by atoms with E-state index in [2.05, 4.69) is 20.8 Å². The molecule has 0 N–H and O–H groups in total. The van der Waals surface area contributed by atoms with Gasteiger partial charge in [-0.2, -0.15) is 0 Å². The summed E-state index contributed by atoms with van der Waals surface area (Å²) in [6.07, 6.45) is -0.375. The Hall–Kier alpha value is -1.31. The number of hydrogen-bond acceptors (Lipinski definition) is 2. The molecule has 1 aromatic carbocycles. The van der Waals surface area contributed by atoms with Crippen LogP contribution in [0, 0.1) is 0 Å². The van der Waals surface area contributed by atoms with Gasteiger partial charge in [-0.1, -0.05) is 32.9 Å². The number of ketones is 1.